The van der Waals surface area contributed by atoms with E-state index in [1.807, 2.05) is 7.05 Å². The van der Waals surface area contributed by atoms with E-state index in [-0.39, 0.29) is 11.4 Å². The number of aromatic hydroxyl groups is 1. The first-order valence-electron chi connectivity index (χ1n) is 8.40. The van der Waals surface area contributed by atoms with Crippen LogP contribution >= 0.6 is 0 Å². The SMILES string of the molecule is CNCCOc1cc2ncnc(Nc3c(F)ccc(O)c3C)c2cc1OC. The van der Waals surface area contributed by atoms with Crippen molar-refractivity contribution < 1.29 is 19.0 Å². The van der Waals surface area contributed by atoms with E-state index in [9.17, 15) is 9.50 Å². The summed E-state index contributed by atoms with van der Waals surface area (Å²) in [5, 5.41) is 16.5. The molecule has 0 aliphatic carbocycles. The number of halogens is 1. The molecule has 0 aliphatic heterocycles. The number of likely N-dealkylation sites (N-methyl/N-ethyl adjacent to an activating group) is 1. The smallest absolute Gasteiger partial charge is 0.163 e. The summed E-state index contributed by atoms with van der Waals surface area (Å²) in [6.07, 6.45) is 1.38. The molecule has 27 heavy (non-hydrogen) atoms. The lowest BCUT2D eigenvalue weighted by atomic mass is 10.1. The number of anilines is 2. The molecule has 7 nitrogen and oxygen atoms in total. The summed E-state index contributed by atoms with van der Waals surface area (Å²) in [7, 11) is 3.39. The zero-order valence-electron chi connectivity index (χ0n) is 15.3. The van der Waals surface area contributed by atoms with Crippen molar-refractivity contribution in [1.29, 1.82) is 0 Å². The Morgan fingerprint density at radius 3 is 2.74 bits per heavy atom. The number of nitrogens with one attached hydrogen (secondary N) is 2. The molecule has 142 valence electrons. The topological polar surface area (TPSA) is 88.5 Å². The van der Waals surface area contributed by atoms with Gasteiger partial charge >= 0.3 is 0 Å². The molecular formula is C19H21FN4O3. The molecule has 8 heteroatoms. The molecule has 0 bridgehead atoms. The van der Waals surface area contributed by atoms with Gasteiger partial charge in [-0.2, -0.15) is 0 Å². The van der Waals surface area contributed by atoms with Gasteiger partial charge in [0.25, 0.3) is 0 Å². The first-order chi connectivity index (χ1) is 13.0. The number of ether oxygens (including phenoxy) is 2. The van der Waals surface area contributed by atoms with Crippen LogP contribution in [-0.4, -0.2) is 42.4 Å². The van der Waals surface area contributed by atoms with Crippen LogP contribution in [0.4, 0.5) is 15.9 Å². The zero-order valence-corrected chi connectivity index (χ0v) is 15.3. The fraction of sp³-hybridized carbons (Fsp3) is 0.263. The monoisotopic (exact) mass is 372 g/mol. The van der Waals surface area contributed by atoms with Crippen LogP contribution in [0, 0.1) is 12.7 Å². The Bertz CT molecular complexity index is 965. The van der Waals surface area contributed by atoms with E-state index in [1.165, 1.54) is 18.5 Å². The van der Waals surface area contributed by atoms with E-state index < -0.39 is 5.82 Å². The Balaban J connectivity index is 2.03. The second-order valence-corrected chi connectivity index (χ2v) is 5.89. The predicted molar refractivity (Wildman–Crippen MR) is 102 cm³/mol. The molecule has 3 rings (SSSR count). The zero-order chi connectivity index (χ0) is 19.4. The summed E-state index contributed by atoms with van der Waals surface area (Å²) < 4.78 is 25.4. The molecular weight excluding hydrogens is 351 g/mol. The average molecular weight is 372 g/mol. The van der Waals surface area contributed by atoms with Crippen LogP contribution in [0.15, 0.2) is 30.6 Å². The van der Waals surface area contributed by atoms with Crippen LogP contribution in [0.2, 0.25) is 0 Å². The Labute approximate surface area is 156 Å². The molecule has 0 saturated heterocycles. The third-order valence-electron chi connectivity index (χ3n) is 4.16. The molecule has 0 spiro atoms. The number of fused-ring (bicyclic) bond motifs is 1. The predicted octanol–water partition coefficient (Wildman–Crippen LogP) is 3.13. The number of phenolic OH excluding ortho intramolecular Hbond substituents is 1. The van der Waals surface area contributed by atoms with Gasteiger partial charge in [0.15, 0.2) is 11.5 Å². The van der Waals surface area contributed by atoms with E-state index in [4.69, 9.17) is 9.47 Å². The van der Waals surface area contributed by atoms with Gasteiger partial charge in [0.05, 0.1) is 18.3 Å². The second kappa shape index (κ2) is 8.05. The summed E-state index contributed by atoms with van der Waals surface area (Å²) in [4.78, 5) is 8.48. The van der Waals surface area contributed by atoms with E-state index >= 15 is 0 Å². The normalized spacial score (nSPS) is 10.8. The first-order valence-corrected chi connectivity index (χ1v) is 8.40. The molecule has 0 saturated carbocycles. The lowest BCUT2D eigenvalue weighted by molar-refractivity contribution is 0.296. The van der Waals surface area contributed by atoms with Gasteiger partial charge in [-0.25, -0.2) is 14.4 Å². The maximum Gasteiger partial charge on any atom is 0.163 e. The lowest BCUT2D eigenvalue weighted by Crippen LogP contribution is -2.16. The fourth-order valence-corrected chi connectivity index (χ4v) is 2.64. The number of benzene rings is 2. The third-order valence-corrected chi connectivity index (χ3v) is 4.16. The Kier molecular flexibility index (Phi) is 5.56. The highest BCUT2D eigenvalue weighted by atomic mass is 19.1. The van der Waals surface area contributed by atoms with Crippen LogP contribution in [0.5, 0.6) is 17.2 Å². The summed E-state index contributed by atoms with van der Waals surface area (Å²) >= 11 is 0. The van der Waals surface area contributed by atoms with Crippen LogP contribution in [0.3, 0.4) is 0 Å². The van der Waals surface area contributed by atoms with Crippen molar-refractivity contribution in [2.24, 2.45) is 0 Å². The van der Waals surface area contributed by atoms with Crippen LogP contribution in [-0.2, 0) is 0 Å². The van der Waals surface area contributed by atoms with Crippen molar-refractivity contribution in [3.8, 4) is 17.2 Å². The number of phenols is 1. The minimum atomic E-state index is -0.490. The molecule has 0 aliphatic rings. The number of nitrogens with zero attached hydrogens (tertiary/aromatic N) is 2. The van der Waals surface area contributed by atoms with Gasteiger partial charge in [0, 0.05) is 23.6 Å². The molecule has 1 heterocycles. The Morgan fingerprint density at radius 2 is 2.00 bits per heavy atom. The molecule has 0 radical (unpaired) electrons. The van der Waals surface area contributed by atoms with E-state index in [0.717, 1.165) is 0 Å². The number of aromatic nitrogens is 2. The van der Waals surface area contributed by atoms with E-state index in [2.05, 4.69) is 20.6 Å². The minimum Gasteiger partial charge on any atom is -0.508 e. The van der Waals surface area contributed by atoms with Crippen molar-refractivity contribution in [3.05, 3.63) is 42.0 Å². The van der Waals surface area contributed by atoms with Gasteiger partial charge in [0.2, 0.25) is 0 Å². The maximum absolute atomic E-state index is 14.2. The Hall–Kier alpha value is -3.13. The van der Waals surface area contributed by atoms with Crippen molar-refractivity contribution >= 4 is 22.4 Å². The third kappa shape index (κ3) is 3.85. The van der Waals surface area contributed by atoms with E-state index in [1.54, 1.807) is 26.2 Å². The molecule has 0 atom stereocenters. The van der Waals surface area contributed by atoms with E-state index in [0.29, 0.717) is 46.9 Å². The lowest BCUT2D eigenvalue weighted by Gasteiger charge is -2.15. The summed E-state index contributed by atoms with van der Waals surface area (Å²) in [6, 6.07) is 6.00. The highest BCUT2D eigenvalue weighted by molar-refractivity contribution is 5.93. The average Bonchev–Trinajstić information content (AvgIpc) is 2.68. The highest BCUT2D eigenvalue weighted by Gasteiger charge is 2.15. The summed E-state index contributed by atoms with van der Waals surface area (Å²) in [5.74, 6) is 0.980. The van der Waals surface area contributed by atoms with Gasteiger partial charge in [0.1, 0.15) is 30.3 Å². The number of methoxy groups -OCH3 is 1. The molecule has 3 N–H and O–H groups in total. The van der Waals surface area contributed by atoms with Gasteiger partial charge in [-0.15, -0.1) is 0 Å². The van der Waals surface area contributed by atoms with Crippen molar-refractivity contribution in [2.75, 3.05) is 32.6 Å². The quantitative estimate of drug-likeness (QED) is 0.549. The first kappa shape index (κ1) is 18.7. The highest BCUT2D eigenvalue weighted by Crippen LogP contribution is 2.36. The standard InChI is InChI=1S/C19H21FN4O3/c1-11-15(25)5-4-13(20)18(11)24-19-12-8-16(26-3)17(27-7-6-21-2)9-14(12)22-10-23-19/h4-5,8-10,21,25H,6-7H2,1-3H3,(H,22,23,24). The minimum absolute atomic E-state index is 0.00457. The van der Waals surface area contributed by atoms with Gasteiger partial charge in [-0.05, 0) is 32.2 Å². The van der Waals surface area contributed by atoms with Crippen molar-refractivity contribution in [3.63, 3.8) is 0 Å². The number of hydrogen-bond donors (Lipinski definition) is 3. The maximum atomic E-state index is 14.2. The van der Waals surface area contributed by atoms with Gasteiger partial charge in [-0.1, -0.05) is 0 Å². The molecule has 1 aromatic heterocycles. The molecule has 0 amide bonds. The van der Waals surface area contributed by atoms with Gasteiger partial charge in [-0.3, -0.25) is 0 Å². The van der Waals surface area contributed by atoms with Crippen LogP contribution in [0.1, 0.15) is 5.56 Å². The number of rotatable bonds is 7. The van der Waals surface area contributed by atoms with Crippen LogP contribution < -0.4 is 20.1 Å². The number of hydrogen-bond acceptors (Lipinski definition) is 7. The molecule has 2 aromatic carbocycles. The summed E-state index contributed by atoms with van der Waals surface area (Å²) in [5.41, 5.74) is 1.16. The van der Waals surface area contributed by atoms with Gasteiger partial charge < -0.3 is 25.2 Å². The Morgan fingerprint density at radius 1 is 1.19 bits per heavy atom. The largest absolute Gasteiger partial charge is 0.508 e. The molecule has 0 unspecified atom stereocenters. The summed E-state index contributed by atoms with van der Waals surface area (Å²) in [6.45, 7) is 2.79. The van der Waals surface area contributed by atoms with Crippen molar-refractivity contribution in [1.82, 2.24) is 15.3 Å². The second-order valence-electron chi connectivity index (χ2n) is 5.89. The van der Waals surface area contributed by atoms with Crippen molar-refractivity contribution in [2.45, 2.75) is 6.92 Å². The van der Waals surface area contributed by atoms with Crippen LogP contribution in [0.25, 0.3) is 10.9 Å². The molecule has 0 fully saturated rings. The molecule has 3 aromatic rings. The fourth-order valence-electron chi connectivity index (χ4n) is 2.64.